The predicted octanol–water partition coefficient (Wildman–Crippen LogP) is 1.31. The molecule has 128 valence electrons. The number of aliphatic carboxylic acids is 2. The van der Waals surface area contributed by atoms with Crippen LogP contribution in [0.15, 0.2) is 47.4 Å². The van der Waals surface area contributed by atoms with Crippen molar-refractivity contribution in [3.63, 3.8) is 0 Å². The van der Waals surface area contributed by atoms with Crippen LogP contribution in [-0.4, -0.2) is 59.7 Å². The summed E-state index contributed by atoms with van der Waals surface area (Å²) in [5, 5.41) is 17.3. The van der Waals surface area contributed by atoms with Gasteiger partial charge in [0.2, 0.25) is 0 Å². The number of rotatable bonds is 8. The maximum Gasteiger partial charge on any atom is 0.328 e. The second-order valence-electron chi connectivity index (χ2n) is 4.43. The maximum atomic E-state index is 9.55. The largest absolute Gasteiger partial charge is 0.478 e. The third-order valence-corrected chi connectivity index (χ3v) is 3.52. The zero-order valence-corrected chi connectivity index (χ0v) is 13.9. The molecule has 0 heterocycles. The normalized spacial score (nSPS) is 11.8. The van der Waals surface area contributed by atoms with Crippen molar-refractivity contribution in [3.05, 3.63) is 42.5 Å². The molecule has 23 heavy (non-hydrogen) atoms. The van der Waals surface area contributed by atoms with E-state index in [0.29, 0.717) is 12.2 Å². The zero-order valence-electron chi connectivity index (χ0n) is 13.1. The first-order valence-electron chi connectivity index (χ1n) is 6.65. The van der Waals surface area contributed by atoms with Gasteiger partial charge in [0.25, 0.3) is 0 Å². The minimum Gasteiger partial charge on any atom is -0.478 e. The molecule has 0 saturated heterocycles. The van der Waals surface area contributed by atoms with Crippen LogP contribution >= 0.6 is 11.8 Å². The molecular weight excluding hydrogens is 320 g/mol. The topological polar surface area (TPSA) is 113 Å². The second-order valence-corrected chi connectivity index (χ2v) is 5.52. The summed E-state index contributed by atoms with van der Waals surface area (Å²) >= 11 is 1.79. The van der Waals surface area contributed by atoms with E-state index in [1.54, 1.807) is 23.9 Å². The molecule has 0 aromatic heterocycles. The number of likely N-dealkylation sites (N-methyl/N-ethyl adjacent to an activating group) is 1. The van der Waals surface area contributed by atoms with E-state index in [1.165, 1.54) is 4.90 Å². The van der Waals surface area contributed by atoms with Gasteiger partial charge in [-0.25, -0.2) is 14.6 Å². The number of ether oxygens (including phenoxy) is 1. The molecular formula is C15H22N2O5S. The molecule has 0 aliphatic rings. The summed E-state index contributed by atoms with van der Waals surface area (Å²) in [6.45, 7) is 0.746. The summed E-state index contributed by atoms with van der Waals surface area (Å²) in [5.74, 6) is 3.99. The van der Waals surface area contributed by atoms with Gasteiger partial charge < -0.3 is 14.9 Å². The summed E-state index contributed by atoms with van der Waals surface area (Å²) in [5.41, 5.74) is 0. The van der Waals surface area contributed by atoms with Crippen molar-refractivity contribution in [2.45, 2.75) is 11.0 Å². The number of hydrogen-bond donors (Lipinski definition) is 3. The Morgan fingerprint density at radius 2 is 1.78 bits per heavy atom. The first-order chi connectivity index (χ1) is 10.8. The van der Waals surface area contributed by atoms with Crippen LogP contribution in [0.2, 0.25) is 0 Å². The summed E-state index contributed by atoms with van der Waals surface area (Å²) in [7, 11) is 3.57. The molecule has 0 aliphatic heterocycles. The van der Waals surface area contributed by atoms with Crippen LogP contribution in [0.4, 0.5) is 0 Å². The van der Waals surface area contributed by atoms with Gasteiger partial charge in [0.15, 0.2) is 0 Å². The van der Waals surface area contributed by atoms with Crippen molar-refractivity contribution >= 4 is 23.7 Å². The molecule has 0 bridgehead atoms. The highest BCUT2D eigenvalue weighted by Crippen LogP contribution is 2.18. The van der Waals surface area contributed by atoms with Crippen LogP contribution < -0.4 is 5.84 Å². The maximum absolute atomic E-state index is 9.55. The minimum atomic E-state index is -1.26. The minimum absolute atomic E-state index is 0.171. The van der Waals surface area contributed by atoms with Gasteiger partial charge in [-0.3, -0.25) is 5.84 Å². The lowest BCUT2D eigenvalue weighted by Crippen LogP contribution is -2.36. The molecule has 0 spiro atoms. The van der Waals surface area contributed by atoms with Crippen LogP contribution in [0.1, 0.15) is 0 Å². The molecule has 1 aromatic carbocycles. The Bertz CT molecular complexity index is 478. The highest BCUT2D eigenvalue weighted by molar-refractivity contribution is 7.99. The fraction of sp³-hybridized carbons (Fsp3) is 0.333. The Kier molecular flexibility index (Phi) is 11.6. The number of nitrogens with zero attached hydrogens (tertiary/aromatic N) is 1. The van der Waals surface area contributed by atoms with Gasteiger partial charge in [-0.15, -0.1) is 11.8 Å². The number of carboxylic acids is 2. The van der Waals surface area contributed by atoms with Crippen molar-refractivity contribution in [2.24, 2.45) is 5.84 Å². The predicted molar refractivity (Wildman–Crippen MR) is 89.2 cm³/mol. The summed E-state index contributed by atoms with van der Waals surface area (Å²) in [4.78, 5) is 20.4. The molecule has 1 aromatic rings. The van der Waals surface area contributed by atoms with Crippen molar-refractivity contribution in [1.82, 2.24) is 5.01 Å². The highest BCUT2D eigenvalue weighted by Gasteiger charge is 2.09. The lowest BCUT2D eigenvalue weighted by molar-refractivity contribution is -0.134. The Hall–Kier alpha value is -1.87. The van der Waals surface area contributed by atoms with E-state index in [2.05, 4.69) is 12.1 Å². The first-order valence-corrected chi connectivity index (χ1v) is 7.64. The SMILES string of the molecule is COC(CSc1ccccc1)CN(C)N.O=C(O)/C=C/C(=O)O. The highest BCUT2D eigenvalue weighted by atomic mass is 32.2. The molecule has 4 N–H and O–H groups in total. The Labute approximate surface area is 139 Å². The Balaban J connectivity index is 0.000000515. The monoisotopic (exact) mass is 342 g/mol. The van der Waals surface area contributed by atoms with E-state index in [9.17, 15) is 9.59 Å². The van der Waals surface area contributed by atoms with Crippen molar-refractivity contribution < 1.29 is 24.5 Å². The number of nitrogens with two attached hydrogens (primary N) is 1. The number of carbonyl (C=O) groups is 2. The number of hydrazine groups is 1. The number of hydrogen-bond acceptors (Lipinski definition) is 6. The average Bonchev–Trinajstić information content (AvgIpc) is 2.50. The van der Waals surface area contributed by atoms with Gasteiger partial charge in [-0.1, -0.05) is 18.2 Å². The number of benzene rings is 1. The molecule has 0 aliphatic carbocycles. The fourth-order valence-electron chi connectivity index (χ4n) is 1.36. The van der Waals surface area contributed by atoms with Gasteiger partial charge in [0.1, 0.15) is 0 Å². The first kappa shape index (κ1) is 21.1. The quantitative estimate of drug-likeness (QED) is 0.280. The molecule has 0 fully saturated rings. The van der Waals surface area contributed by atoms with E-state index in [4.69, 9.17) is 20.8 Å². The van der Waals surface area contributed by atoms with Crippen LogP contribution in [-0.2, 0) is 14.3 Å². The number of thioether (sulfide) groups is 1. The summed E-state index contributed by atoms with van der Waals surface area (Å²) in [6, 6.07) is 10.3. The zero-order chi connectivity index (χ0) is 17.7. The average molecular weight is 342 g/mol. The molecule has 1 unspecified atom stereocenters. The lowest BCUT2D eigenvalue weighted by atomic mass is 10.4. The van der Waals surface area contributed by atoms with Gasteiger partial charge in [0.05, 0.1) is 6.10 Å². The van der Waals surface area contributed by atoms with Gasteiger partial charge >= 0.3 is 11.9 Å². The molecule has 0 amide bonds. The molecule has 0 radical (unpaired) electrons. The van der Waals surface area contributed by atoms with Crippen molar-refractivity contribution in [2.75, 3.05) is 26.5 Å². The standard InChI is InChI=1S/C11H18N2OS.C4H4O4/c1-13(12)8-10(14-2)9-15-11-6-4-3-5-7-11;5-3(6)1-2-4(7)8/h3-7,10H,8-9,12H2,1-2H3;1-2H,(H,5,6)(H,7,8)/b;2-1+. The van der Waals surface area contributed by atoms with E-state index < -0.39 is 11.9 Å². The van der Waals surface area contributed by atoms with Crippen LogP contribution in [0.25, 0.3) is 0 Å². The Morgan fingerprint density at radius 3 is 2.17 bits per heavy atom. The summed E-state index contributed by atoms with van der Waals surface area (Å²) in [6.07, 6.45) is 1.29. The van der Waals surface area contributed by atoms with Crippen LogP contribution in [0.3, 0.4) is 0 Å². The van der Waals surface area contributed by atoms with Gasteiger partial charge in [-0.05, 0) is 12.1 Å². The van der Waals surface area contributed by atoms with E-state index in [0.717, 1.165) is 12.3 Å². The Morgan fingerprint density at radius 1 is 1.26 bits per heavy atom. The molecule has 8 heteroatoms. The molecule has 1 rings (SSSR count). The number of methoxy groups -OCH3 is 1. The third-order valence-electron chi connectivity index (χ3n) is 2.37. The fourth-order valence-corrected chi connectivity index (χ4v) is 2.33. The molecule has 7 nitrogen and oxygen atoms in total. The van der Waals surface area contributed by atoms with Crippen molar-refractivity contribution in [3.8, 4) is 0 Å². The smallest absolute Gasteiger partial charge is 0.328 e. The third kappa shape index (κ3) is 13.5. The second kappa shape index (κ2) is 12.7. The molecule has 0 saturated carbocycles. The molecule has 1 atom stereocenters. The van der Waals surface area contributed by atoms with Crippen molar-refractivity contribution in [1.29, 1.82) is 0 Å². The van der Waals surface area contributed by atoms with Crippen LogP contribution in [0.5, 0.6) is 0 Å². The summed E-state index contributed by atoms with van der Waals surface area (Å²) < 4.78 is 5.34. The lowest BCUT2D eigenvalue weighted by Gasteiger charge is -2.18. The van der Waals surface area contributed by atoms with Gasteiger partial charge in [-0.2, -0.15) is 0 Å². The van der Waals surface area contributed by atoms with E-state index in [-0.39, 0.29) is 6.10 Å². The number of carboxylic acid groups (broad SMARTS) is 2. The van der Waals surface area contributed by atoms with E-state index in [1.807, 2.05) is 25.2 Å². The van der Waals surface area contributed by atoms with E-state index >= 15 is 0 Å². The van der Waals surface area contributed by atoms with Gasteiger partial charge in [0, 0.05) is 43.5 Å². The van der Waals surface area contributed by atoms with Crippen LogP contribution in [0, 0.1) is 0 Å².